The first kappa shape index (κ1) is 18.3. The topological polar surface area (TPSA) is 32.3 Å². The Balaban J connectivity index is 1.66. The van der Waals surface area contributed by atoms with E-state index < -0.39 is 11.7 Å². The number of urea groups is 1. The van der Waals surface area contributed by atoms with E-state index in [0.717, 1.165) is 31.4 Å². The molecule has 2 aromatic carbocycles. The van der Waals surface area contributed by atoms with Crippen molar-refractivity contribution in [3.8, 4) is 0 Å². The van der Waals surface area contributed by atoms with Crippen molar-refractivity contribution in [3.05, 3.63) is 65.7 Å². The van der Waals surface area contributed by atoms with Crippen molar-refractivity contribution in [1.82, 2.24) is 4.90 Å². The predicted octanol–water partition coefficient (Wildman–Crippen LogP) is 5.51. The lowest BCUT2D eigenvalue weighted by molar-refractivity contribution is -0.137. The van der Waals surface area contributed by atoms with Crippen LogP contribution in [0.15, 0.2) is 54.6 Å². The van der Waals surface area contributed by atoms with Crippen molar-refractivity contribution >= 4 is 11.7 Å². The van der Waals surface area contributed by atoms with E-state index in [2.05, 4.69) is 17.4 Å². The first-order valence-corrected chi connectivity index (χ1v) is 8.71. The Morgan fingerprint density at radius 3 is 2.35 bits per heavy atom. The van der Waals surface area contributed by atoms with Gasteiger partial charge in [-0.15, -0.1) is 0 Å². The highest BCUT2D eigenvalue weighted by molar-refractivity contribution is 5.89. The number of halogens is 3. The molecule has 0 aromatic heterocycles. The Morgan fingerprint density at radius 1 is 1.00 bits per heavy atom. The van der Waals surface area contributed by atoms with Crippen LogP contribution in [-0.4, -0.2) is 24.0 Å². The van der Waals surface area contributed by atoms with Gasteiger partial charge in [0.2, 0.25) is 0 Å². The Morgan fingerprint density at radius 2 is 1.69 bits per heavy atom. The van der Waals surface area contributed by atoms with Gasteiger partial charge in [-0.2, -0.15) is 13.2 Å². The van der Waals surface area contributed by atoms with E-state index in [1.165, 1.54) is 17.7 Å². The summed E-state index contributed by atoms with van der Waals surface area (Å²) in [6, 6.07) is 14.3. The molecule has 2 aromatic rings. The highest BCUT2D eigenvalue weighted by Crippen LogP contribution is 2.30. The summed E-state index contributed by atoms with van der Waals surface area (Å²) in [5.74, 6) is 0.275. The first-order chi connectivity index (χ1) is 12.4. The normalized spacial score (nSPS) is 18.3. The molecule has 1 heterocycles. The molecule has 1 N–H and O–H groups in total. The molecule has 1 fully saturated rings. The Labute approximate surface area is 150 Å². The number of hydrogen-bond donors (Lipinski definition) is 1. The summed E-state index contributed by atoms with van der Waals surface area (Å²) in [5.41, 5.74) is 0.847. The van der Waals surface area contributed by atoms with Crippen LogP contribution < -0.4 is 5.32 Å². The van der Waals surface area contributed by atoms with Crippen molar-refractivity contribution in [2.75, 3.05) is 18.4 Å². The maximum Gasteiger partial charge on any atom is 0.416 e. The lowest BCUT2D eigenvalue weighted by Gasteiger charge is -2.25. The Hall–Kier alpha value is -2.50. The molecule has 1 saturated heterocycles. The van der Waals surface area contributed by atoms with Crippen LogP contribution in [0.5, 0.6) is 0 Å². The third-order valence-corrected chi connectivity index (χ3v) is 4.69. The molecular weight excluding hydrogens is 341 g/mol. The van der Waals surface area contributed by atoms with Gasteiger partial charge in [0.25, 0.3) is 0 Å². The second kappa shape index (κ2) is 7.81. The third-order valence-electron chi connectivity index (χ3n) is 4.69. The molecule has 0 saturated carbocycles. The SMILES string of the molecule is O=C(Nc1ccc(C(F)(F)F)cc1)N1CCCCC(c2ccccc2)C1. The van der Waals surface area contributed by atoms with Crippen LogP contribution >= 0.6 is 0 Å². The number of alkyl halides is 3. The molecular formula is C20H21F3N2O. The summed E-state index contributed by atoms with van der Waals surface area (Å²) in [7, 11) is 0. The van der Waals surface area contributed by atoms with E-state index in [0.29, 0.717) is 18.8 Å². The van der Waals surface area contributed by atoms with Crippen molar-refractivity contribution in [1.29, 1.82) is 0 Å². The van der Waals surface area contributed by atoms with Gasteiger partial charge >= 0.3 is 12.2 Å². The number of carbonyl (C=O) groups is 1. The van der Waals surface area contributed by atoms with Crippen LogP contribution in [0.4, 0.5) is 23.7 Å². The van der Waals surface area contributed by atoms with Crippen LogP contribution in [0.3, 0.4) is 0 Å². The predicted molar refractivity (Wildman–Crippen MR) is 95.1 cm³/mol. The van der Waals surface area contributed by atoms with Gasteiger partial charge in [-0.05, 0) is 42.7 Å². The zero-order chi connectivity index (χ0) is 18.6. The molecule has 0 spiro atoms. The van der Waals surface area contributed by atoms with Gasteiger partial charge in [-0.1, -0.05) is 36.8 Å². The van der Waals surface area contributed by atoms with E-state index >= 15 is 0 Å². The summed E-state index contributed by atoms with van der Waals surface area (Å²) in [6.07, 6.45) is -1.39. The Kier molecular flexibility index (Phi) is 5.49. The maximum absolute atomic E-state index is 12.6. The van der Waals surface area contributed by atoms with Crippen molar-refractivity contribution in [2.24, 2.45) is 0 Å². The fourth-order valence-electron chi connectivity index (χ4n) is 3.27. The molecule has 6 heteroatoms. The van der Waals surface area contributed by atoms with E-state index in [-0.39, 0.29) is 11.9 Å². The minimum absolute atomic E-state index is 0.271. The lowest BCUT2D eigenvalue weighted by atomic mass is 9.94. The van der Waals surface area contributed by atoms with Gasteiger partial charge in [-0.3, -0.25) is 0 Å². The highest BCUT2D eigenvalue weighted by Gasteiger charge is 2.30. The van der Waals surface area contributed by atoms with Crippen LogP contribution in [0.1, 0.15) is 36.3 Å². The van der Waals surface area contributed by atoms with E-state index in [9.17, 15) is 18.0 Å². The van der Waals surface area contributed by atoms with Crippen LogP contribution in [-0.2, 0) is 6.18 Å². The summed E-state index contributed by atoms with van der Waals surface area (Å²) in [6.45, 7) is 1.26. The molecule has 0 aliphatic carbocycles. The van der Waals surface area contributed by atoms with Gasteiger partial charge in [0.1, 0.15) is 0 Å². The number of nitrogens with one attached hydrogen (secondary N) is 1. The summed E-state index contributed by atoms with van der Waals surface area (Å²) in [5, 5.41) is 2.71. The minimum Gasteiger partial charge on any atom is -0.324 e. The van der Waals surface area contributed by atoms with Gasteiger partial charge < -0.3 is 10.2 Å². The summed E-state index contributed by atoms with van der Waals surface area (Å²) < 4.78 is 37.9. The van der Waals surface area contributed by atoms with Gasteiger partial charge in [0.05, 0.1) is 5.56 Å². The number of rotatable bonds is 2. The number of carbonyl (C=O) groups excluding carboxylic acids is 1. The number of nitrogens with zero attached hydrogens (tertiary/aromatic N) is 1. The van der Waals surface area contributed by atoms with E-state index in [4.69, 9.17) is 0 Å². The van der Waals surface area contributed by atoms with Gasteiger partial charge in [0, 0.05) is 24.7 Å². The average Bonchev–Trinajstić information content (AvgIpc) is 2.88. The monoisotopic (exact) mass is 362 g/mol. The minimum atomic E-state index is -4.38. The van der Waals surface area contributed by atoms with E-state index in [1.54, 1.807) is 4.90 Å². The van der Waals surface area contributed by atoms with Crippen molar-refractivity contribution in [3.63, 3.8) is 0 Å². The molecule has 3 rings (SSSR count). The Bertz CT molecular complexity index is 729. The third kappa shape index (κ3) is 4.56. The zero-order valence-electron chi connectivity index (χ0n) is 14.3. The smallest absolute Gasteiger partial charge is 0.324 e. The van der Waals surface area contributed by atoms with Gasteiger partial charge in [-0.25, -0.2) is 4.79 Å². The number of likely N-dealkylation sites (tertiary alicyclic amines) is 1. The fourth-order valence-corrected chi connectivity index (χ4v) is 3.27. The largest absolute Gasteiger partial charge is 0.416 e. The lowest BCUT2D eigenvalue weighted by Crippen LogP contribution is -2.37. The number of benzene rings is 2. The standard InChI is InChI=1S/C20H21F3N2O/c21-20(22,23)17-9-11-18(12-10-17)24-19(26)25-13-5-4-8-16(14-25)15-6-2-1-3-7-15/h1-3,6-7,9-12,16H,4-5,8,13-14H2,(H,24,26). The zero-order valence-corrected chi connectivity index (χ0v) is 14.3. The molecule has 3 nitrogen and oxygen atoms in total. The quantitative estimate of drug-likeness (QED) is 0.751. The van der Waals surface area contributed by atoms with Gasteiger partial charge in [0.15, 0.2) is 0 Å². The number of amides is 2. The van der Waals surface area contributed by atoms with Crippen molar-refractivity contribution < 1.29 is 18.0 Å². The van der Waals surface area contributed by atoms with E-state index in [1.807, 2.05) is 18.2 Å². The fraction of sp³-hybridized carbons (Fsp3) is 0.350. The maximum atomic E-state index is 12.6. The molecule has 26 heavy (non-hydrogen) atoms. The molecule has 2 amide bonds. The number of anilines is 1. The second-order valence-corrected chi connectivity index (χ2v) is 6.55. The summed E-state index contributed by atoms with van der Waals surface area (Å²) >= 11 is 0. The highest BCUT2D eigenvalue weighted by atomic mass is 19.4. The molecule has 0 radical (unpaired) electrons. The van der Waals surface area contributed by atoms with Crippen LogP contribution in [0.25, 0.3) is 0 Å². The average molecular weight is 362 g/mol. The second-order valence-electron chi connectivity index (χ2n) is 6.55. The molecule has 1 unspecified atom stereocenters. The molecule has 1 atom stereocenters. The molecule has 1 aliphatic rings. The van der Waals surface area contributed by atoms with Crippen molar-refractivity contribution in [2.45, 2.75) is 31.4 Å². The first-order valence-electron chi connectivity index (χ1n) is 8.71. The molecule has 138 valence electrons. The van der Waals surface area contributed by atoms with Crippen LogP contribution in [0.2, 0.25) is 0 Å². The number of hydrogen-bond acceptors (Lipinski definition) is 1. The summed E-state index contributed by atoms with van der Waals surface area (Å²) in [4.78, 5) is 14.3. The van der Waals surface area contributed by atoms with Crippen LogP contribution in [0, 0.1) is 0 Å². The molecule has 1 aliphatic heterocycles. The molecule has 0 bridgehead atoms.